The second-order valence-corrected chi connectivity index (χ2v) is 4.51. The second-order valence-electron chi connectivity index (χ2n) is 4.18. The van der Waals surface area contributed by atoms with Crippen LogP contribution in [0.25, 0.3) is 0 Å². The van der Waals surface area contributed by atoms with Gasteiger partial charge < -0.3 is 15.5 Å². The summed E-state index contributed by atoms with van der Waals surface area (Å²) in [5.41, 5.74) is 0. The molecule has 0 unspecified atom stereocenters. The minimum Gasteiger partial charge on any atom is -0.357 e. The fourth-order valence-electron chi connectivity index (χ4n) is 1.41. The lowest BCUT2D eigenvalue weighted by molar-refractivity contribution is -0.119. The second kappa shape index (κ2) is 5.34. The van der Waals surface area contributed by atoms with Crippen LogP contribution in [-0.4, -0.2) is 47.5 Å². The molecule has 0 radical (unpaired) electrons. The van der Waals surface area contributed by atoms with Crippen LogP contribution < -0.4 is 15.5 Å². The third kappa shape index (κ3) is 3.43. The van der Waals surface area contributed by atoms with Gasteiger partial charge >= 0.3 is 0 Å². The highest BCUT2D eigenvalue weighted by molar-refractivity contribution is 6.28. The van der Waals surface area contributed by atoms with Crippen molar-refractivity contribution in [2.24, 2.45) is 0 Å². The van der Waals surface area contributed by atoms with Crippen molar-refractivity contribution in [2.45, 2.75) is 18.9 Å². The summed E-state index contributed by atoms with van der Waals surface area (Å²) in [7, 11) is 3.42. The Hall–Kier alpha value is -1.63. The number of carbonyl (C=O) groups is 1. The Morgan fingerprint density at radius 1 is 1.44 bits per heavy atom. The summed E-state index contributed by atoms with van der Waals surface area (Å²) in [5, 5.41) is 5.78. The number of halogens is 1. The van der Waals surface area contributed by atoms with Crippen LogP contribution in [0.4, 0.5) is 11.9 Å². The van der Waals surface area contributed by atoms with Crippen molar-refractivity contribution in [1.29, 1.82) is 0 Å². The first-order valence-electron chi connectivity index (χ1n) is 5.68. The van der Waals surface area contributed by atoms with E-state index in [4.69, 9.17) is 11.6 Å². The molecule has 0 bridgehead atoms. The van der Waals surface area contributed by atoms with Crippen molar-refractivity contribution >= 4 is 29.4 Å². The van der Waals surface area contributed by atoms with Gasteiger partial charge in [0.1, 0.15) is 0 Å². The highest BCUT2D eigenvalue weighted by atomic mass is 35.5. The van der Waals surface area contributed by atoms with E-state index in [-0.39, 0.29) is 17.7 Å². The summed E-state index contributed by atoms with van der Waals surface area (Å²) < 4.78 is 0. The average Bonchev–Trinajstić information content (AvgIpc) is 3.11. The Kier molecular flexibility index (Phi) is 3.81. The van der Waals surface area contributed by atoms with E-state index in [1.54, 1.807) is 19.0 Å². The van der Waals surface area contributed by atoms with Crippen LogP contribution in [0.15, 0.2) is 0 Å². The quantitative estimate of drug-likeness (QED) is 0.800. The van der Waals surface area contributed by atoms with Crippen LogP contribution in [0.2, 0.25) is 5.28 Å². The maximum absolute atomic E-state index is 11.6. The lowest BCUT2D eigenvalue weighted by atomic mass is 10.5. The fraction of sp³-hybridized carbons (Fsp3) is 0.600. The maximum atomic E-state index is 11.6. The molecule has 2 N–H and O–H groups in total. The zero-order valence-electron chi connectivity index (χ0n) is 10.3. The third-order valence-corrected chi connectivity index (χ3v) is 2.65. The Morgan fingerprint density at radius 3 is 2.78 bits per heavy atom. The van der Waals surface area contributed by atoms with Crippen LogP contribution in [0, 0.1) is 0 Å². The van der Waals surface area contributed by atoms with E-state index in [0.29, 0.717) is 17.9 Å². The molecule has 8 heteroatoms. The van der Waals surface area contributed by atoms with E-state index < -0.39 is 0 Å². The molecule has 1 aliphatic rings. The molecule has 18 heavy (non-hydrogen) atoms. The number of nitrogens with one attached hydrogen (secondary N) is 2. The van der Waals surface area contributed by atoms with Gasteiger partial charge in [-0.1, -0.05) is 0 Å². The van der Waals surface area contributed by atoms with Gasteiger partial charge in [-0.3, -0.25) is 4.79 Å². The predicted octanol–water partition coefficient (Wildman–Crippen LogP) is 0.281. The van der Waals surface area contributed by atoms with Gasteiger partial charge in [0.2, 0.25) is 23.1 Å². The minimum absolute atomic E-state index is 0.0393. The van der Waals surface area contributed by atoms with Crippen molar-refractivity contribution in [3.8, 4) is 0 Å². The Labute approximate surface area is 110 Å². The molecule has 1 heterocycles. The molecule has 1 fully saturated rings. The van der Waals surface area contributed by atoms with Crippen LogP contribution in [-0.2, 0) is 4.79 Å². The lowest BCUT2D eigenvalue weighted by Gasteiger charge is -2.16. The molecule has 1 aromatic heterocycles. The molecule has 0 aliphatic heterocycles. The topological polar surface area (TPSA) is 83.0 Å². The molecule has 1 saturated carbocycles. The molecule has 98 valence electrons. The molecule has 1 aromatic rings. The molecule has 0 saturated heterocycles. The molecule has 2 rings (SSSR count). The molecule has 1 aliphatic carbocycles. The fourth-order valence-corrected chi connectivity index (χ4v) is 1.56. The van der Waals surface area contributed by atoms with Crippen molar-refractivity contribution in [1.82, 2.24) is 20.3 Å². The zero-order chi connectivity index (χ0) is 13.1. The Bertz CT molecular complexity index is 450. The van der Waals surface area contributed by atoms with Crippen LogP contribution in [0.3, 0.4) is 0 Å². The molecule has 0 atom stereocenters. The van der Waals surface area contributed by atoms with Gasteiger partial charge in [0.15, 0.2) is 0 Å². The number of aromatic nitrogens is 3. The zero-order valence-corrected chi connectivity index (χ0v) is 11.0. The van der Waals surface area contributed by atoms with Crippen molar-refractivity contribution in [3.05, 3.63) is 5.28 Å². The number of hydrogen-bond acceptors (Lipinski definition) is 6. The number of likely N-dealkylation sites (N-methyl/N-ethyl adjacent to an activating group) is 1. The number of carbonyl (C=O) groups excluding carboxylic acids is 1. The number of nitrogens with zero attached hydrogens (tertiary/aromatic N) is 4. The van der Waals surface area contributed by atoms with Crippen LogP contribution in [0.1, 0.15) is 12.8 Å². The van der Waals surface area contributed by atoms with Gasteiger partial charge in [-0.05, 0) is 24.4 Å². The van der Waals surface area contributed by atoms with E-state index in [9.17, 15) is 4.79 Å². The Morgan fingerprint density at radius 2 is 2.17 bits per heavy atom. The SMILES string of the molecule is CNc1nc(Cl)nc(N(C)CC(=O)NC2CC2)n1. The van der Waals surface area contributed by atoms with E-state index in [1.165, 1.54) is 0 Å². The highest BCUT2D eigenvalue weighted by Crippen LogP contribution is 2.18. The molecule has 0 aromatic carbocycles. The molecular formula is C10H15ClN6O. The highest BCUT2D eigenvalue weighted by Gasteiger charge is 2.24. The number of amides is 1. The van der Waals surface area contributed by atoms with Gasteiger partial charge in [-0.2, -0.15) is 15.0 Å². The summed E-state index contributed by atoms with van der Waals surface area (Å²) in [6.45, 7) is 0.194. The summed E-state index contributed by atoms with van der Waals surface area (Å²) >= 11 is 5.77. The largest absolute Gasteiger partial charge is 0.357 e. The predicted molar refractivity (Wildman–Crippen MR) is 68.8 cm³/mol. The van der Waals surface area contributed by atoms with Crippen LogP contribution in [0.5, 0.6) is 0 Å². The van der Waals surface area contributed by atoms with Crippen molar-refractivity contribution in [2.75, 3.05) is 30.9 Å². The minimum atomic E-state index is -0.0393. The first-order valence-corrected chi connectivity index (χ1v) is 6.06. The number of hydrogen-bond donors (Lipinski definition) is 2. The Balaban J connectivity index is 2.00. The van der Waals surface area contributed by atoms with Gasteiger partial charge in [0, 0.05) is 20.1 Å². The van der Waals surface area contributed by atoms with Crippen molar-refractivity contribution < 1.29 is 4.79 Å². The number of anilines is 2. The third-order valence-electron chi connectivity index (χ3n) is 2.48. The maximum Gasteiger partial charge on any atom is 0.239 e. The molecular weight excluding hydrogens is 256 g/mol. The van der Waals surface area contributed by atoms with Gasteiger partial charge in [-0.25, -0.2) is 0 Å². The lowest BCUT2D eigenvalue weighted by Crippen LogP contribution is -2.37. The van der Waals surface area contributed by atoms with Gasteiger partial charge in [-0.15, -0.1) is 0 Å². The first kappa shape index (κ1) is 12.8. The summed E-state index contributed by atoms with van der Waals surface area (Å²) in [6.07, 6.45) is 2.13. The van der Waals surface area contributed by atoms with E-state index >= 15 is 0 Å². The molecule has 7 nitrogen and oxygen atoms in total. The van der Waals surface area contributed by atoms with E-state index in [1.807, 2.05) is 0 Å². The van der Waals surface area contributed by atoms with E-state index in [0.717, 1.165) is 12.8 Å². The van der Waals surface area contributed by atoms with Crippen LogP contribution >= 0.6 is 11.6 Å². The molecule has 0 spiro atoms. The first-order chi connectivity index (χ1) is 8.58. The smallest absolute Gasteiger partial charge is 0.239 e. The van der Waals surface area contributed by atoms with E-state index in [2.05, 4.69) is 25.6 Å². The number of rotatable bonds is 5. The average molecular weight is 271 g/mol. The monoisotopic (exact) mass is 270 g/mol. The summed E-state index contributed by atoms with van der Waals surface area (Å²) in [4.78, 5) is 25.3. The molecule has 1 amide bonds. The summed E-state index contributed by atoms with van der Waals surface area (Å²) in [6, 6.07) is 0.348. The summed E-state index contributed by atoms with van der Waals surface area (Å²) in [5.74, 6) is 0.701. The van der Waals surface area contributed by atoms with Gasteiger partial charge in [0.25, 0.3) is 0 Å². The van der Waals surface area contributed by atoms with Gasteiger partial charge in [0.05, 0.1) is 6.54 Å². The van der Waals surface area contributed by atoms with Crippen molar-refractivity contribution in [3.63, 3.8) is 0 Å². The standard InChI is InChI=1S/C10H15ClN6O/c1-12-9-14-8(11)15-10(16-9)17(2)5-7(18)13-6-3-4-6/h6H,3-5H2,1-2H3,(H,13,18)(H,12,14,15,16). The normalized spacial score (nSPS) is 14.2.